The van der Waals surface area contributed by atoms with Crippen molar-refractivity contribution >= 4 is 0 Å². The molecule has 0 spiro atoms. The van der Waals surface area contributed by atoms with Crippen LogP contribution in [0.25, 0.3) is 0 Å². The van der Waals surface area contributed by atoms with Crippen LogP contribution < -0.4 is 0 Å². The van der Waals surface area contributed by atoms with Crippen molar-refractivity contribution in [1.29, 1.82) is 0 Å². The molecule has 1 rings (SSSR count). The monoisotopic (exact) mass is 142 g/mol. The second-order valence-corrected chi connectivity index (χ2v) is 2.04. The summed E-state index contributed by atoms with van der Waals surface area (Å²) in [4.78, 5) is 0. The highest BCUT2D eigenvalue weighted by atomic mass is 16.5. The van der Waals surface area contributed by atoms with Gasteiger partial charge in [0.05, 0.1) is 19.5 Å². The van der Waals surface area contributed by atoms with Gasteiger partial charge in [-0.15, -0.1) is 0 Å². The molecule has 0 aromatic carbocycles. The lowest BCUT2D eigenvalue weighted by molar-refractivity contribution is 0.0909. The van der Waals surface area contributed by atoms with Gasteiger partial charge in [0.25, 0.3) is 0 Å². The van der Waals surface area contributed by atoms with Gasteiger partial charge in [-0.05, 0) is 11.6 Å². The minimum atomic E-state index is -0.352. The first-order chi connectivity index (χ1) is 4.88. The lowest BCUT2D eigenvalue weighted by Gasteiger charge is -2.18. The first kappa shape index (κ1) is 7.31. The van der Waals surface area contributed by atoms with Gasteiger partial charge >= 0.3 is 0 Å². The largest absolute Gasteiger partial charge is 0.491 e. The van der Waals surface area contributed by atoms with Crippen LogP contribution in [0.15, 0.2) is 24.0 Å². The Kier molecular flexibility index (Phi) is 2.48. The maximum atomic E-state index is 8.70. The molecule has 0 saturated carbocycles. The van der Waals surface area contributed by atoms with Crippen molar-refractivity contribution in [3.8, 4) is 0 Å². The van der Waals surface area contributed by atoms with Crippen molar-refractivity contribution in [3.05, 3.63) is 24.0 Å². The third-order valence-electron chi connectivity index (χ3n) is 1.39. The second-order valence-electron chi connectivity index (χ2n) is 2.04. The first-order valence-corrected chi connectivity index (χ1v) is 3.11. The lowest BCUT2D eigenvalue weighted by Crippen LogP contribution is -2.21. The Hall–Kier alpha value is -0.800. The summed E-state index contributed by atoms with van der Waals surface area (Å²) in [6, 6.07) is 0. The van der Waals surface area contributed by atoms with Crippen LogP contribution >= 0.6 is 0 Å². The molecule has 1 aliphatic heterocycles. The van der Waals surface area contributed by atoms with Gasteiger partial charge in [0, 0.05) is 0 Å². The third-order valence-corrected chi connectivity index (χ3v) is 1.39. The van der Waals surface area contributed by atoms with Crippen LogP contribution in [-0.2, 0) is 4.74 Å². The van der Waals surface area contributed by atoms with Crippen molar-refractivity contribution in [2.45, 2.75) is 6.10 Å². The summed E-state index contributed by atoms with van der Waals surface area (Å²) in [6.07, 6.45) is 4.58. The van der Waals surface area contributed by atoms with E-state index in [4.69, 9.17) is 14.9 Å². The lowest BCUT2D eigenvalue weighted by atomic mass is 10.1. The summed E-state index contributed by atoms with van der Waals surface area (Å²) in [5, 5.41) is 17.4. The van der Waals surface area contributed by atoms with E-state index in [-0.39, 0.29) is 19.3 Å². The second kappa shape index (κ2) is 3.39. The van der Waals surface area contributed by atoms with E-state index in [2.05, 4.69) is 0 Å². The summed E-state index contributed by atoms with van der Waals surface area (Å²) in [6.45, 7) is -0.147. The number of hydrogen-bond acceptors (Lipinski definition) is 3. The van der Waals surface area contributed by atoms with E-state index in [1.54, 1.807) is 12.2 Å². The highest BCUT2D eigenvalue weighted by Crippen LogP contribution is 2.10. The fourth-order valence-corrected chi connectivity index (χ4v) is 0.813. The molecule has 0 bridgehead atoms. The van der Waals surface area contributed by atoms with Crippen LogP contribution in [0, 0.1) is 0 Å². The third kappa shape index (κ3) is 1.37. The minimum Gasteiger partial charge on any atom is -0.491 e. The van der Waals surface area contributed by atoms with Crippen LogP contribution in [0.2, 0.25) is 0 Å². The minimum absolute atomic E-state index is 0.0600. The zero-order valence-electron chi connectivity index (χ0n) is 5.53. The predicted octanol–water partition coefficient (Wildman–Crippen LogP) is -0.190. The highest BCUT2D eigenvalue weighted by Gasteiger charge is 2.13. The van der Waals surface area contributed by atoms with Gasteiger partial charge in [-0.1, -0.05) is 6.08 Å². The maximum absolute atomic E-state index is 8.70. The molecule has 1 unspecified atom stereocenters. The predicted molar refractivity (Wildman–Crippen MR) is 36.3 cm³/mol. The van der Waals surface area contributed by atoms with E-state index in [0.29, 0.717) is 5.57 Å². The van der Waals surface area contributed by atoms with Crippen molar-refractivity contribution in [2.75, 3.05) is 13.2 Å². The molecule has 1 atom stereocenters. The number of ether oxygens (including phenoxy) is 1. The standard InChI is InChI=1S/C7H10O3/c8-4-6-2-1-3-10-7(6)5-9/h1-3,7-9H,4-5H2. The van der Waals surface area contributed by atoms with E-state index in [0.717, 1.165) is 0 Å². The molecule has 1 heterocycles. The summed E-state index contributed by atoms with van der Waals surface area (Å²) in [5.74, 6) is 0. The van der Waals surface area contributed by atoms with Gasteiger partial charge in [-0.3, -0.25) is 0 Å². The van der Waals surface area contributed by atoms with Crippen molar-refractivity contribution in [2.24, 2.45) is 0 Å². The molecule has 1 aliphatic rings. The maximum Gasteiger partial charge on any atom is 0.144 e. The van der Waals surface area contributed by atoms with Crippen LogP contribution in [0.3, 0.4) is 0 Å². The molecule has 0 aromatic rings. The molecule has 10 heavy (non-hydrogen) atoms. The molecule has 0 saturated heterocycles. The van der Waals surface area contributed by atoms with Crippen molar-refractivity contribution in [1.82, 2.24) is 0 Å². The molecule has 0 aliphatic carbocycles. The molecule has 0 fully saturated rings. The Morgan fingerprint density at radius 2 is 2.30 bits per heavy atom. The quantitative estimate of drug-likeness (QED) is 0.561. The molecule has 0 radical (unpaired) electrons. The van der Waals surface area contributed by atoms with Gasteiger partial charge in [0.2, 0.25) is 0 Å². The van der Waals surface area contributed by atoms with Crippen LogP contribution in [0.1, 0.15) is 0 Å². The van der Waals surface area contributed by atoms with Crippen LogP contribution in [0.5, 0.6) is 0 Å². The van der Waals surface area contributed by atoms with E-state index in [9.17, 15) is 0 Å². The van der Waals surface area contributed by atoms with Crippen LogP contribution in [-0.4, -0.2) is 29.5 Å². The molecule has 0 amide bonds. The molecular formula is C7H10O3. The molecule has 3 heteroatoms. The van der Waals surface area contributed by atoms with Crippen molar-refractivity contribution in [3.63, 3.8) is 0 Å². The Labute approximate surface area is 59.2 Å². The zero-order chi connectivity index (χ0) is 7.40. The number of aliphatic hydroxyl groups excluding tert-OH is 2. The Morgan fingerprint density at radius 3 is 2.80 bits per heavy atom. The molecule has 56 valence electrons. The normalized spacial score (nSPS) is 23.8. The summed E-state index contributed by atoms with van der Waals surface area (Å²) >= 11 is 0. The first-order valence-electron chi connectivity index (χ1n) is 3.11. The van der Waals surface area contributed by atoms with E-state index >= 15 is 0 Å². The smallest absolute Gasteiger partial charge is 0.144 e. The highest BCUT2D eigenvalue weighted by molar-refractivity contribution is 5.19. The number of aliphatic hydroxyl groups is 2. The topological polar surface area (TPSA) is 49.7 Å². The van der Waals surface area contributed by atoms with Gasteiger partial charge in [0.15, 0.2) is 0 Å². The average Bonchev–Trinajstić information content (AvgIpc) is 2.04. The number of rotatable bonds is 2. The van der Waals surface area contributed by atoms with Crippen molar-refractivity contribution < 1.29 is 14.9 Å². The fourth-order valence-electron chi connectivity index (χ4n) is 0.813. The Bertz CT molecular complexity index is 160. The van der Waals surface area contributed by atoms with E-state index < -0.39 is 0 Å². The number of allylic oxidation sites excluding steroid dienone is 2. The number of hydrogen-bond donors (Lipinski definition) is 2. The van der Waals surface area contributed by atoms with E-state index in [1.165, 1.54) is 6.26 Å². The molecule has 0 aromatic heterocycles. The fraction of sp³-hybridized carbons (Fsp3) is 0.429. The van der Waals surface area contributed by atoms with Crippen LogP contribution in [0.4, 0.5) is 0 Å². The Morgan fingerprint density at radius 1 is 1.50 bits per heavy atom. The zero-order valence-corrected chi connectivity index (χ0v) is 5.53. The van der Waals surface area contributed by atoms with Gasteiger partial charge < -0.3 is 14.9 Å². The van der Waals surface area contributed by atoms with E-state index in [1.807, 2.05) is 0 Å². The van der Waals surface area contributed by atoms with Gasteiger partial charge in [-0.2, -0.15) is 0 Å². The Balaban J connectivity index is 2.61. The van der Waals surface area contributed by atoms with Gasteiger partial charge in [0.1, 0.15) is 6.10 Å². The molecular weight excluding hydrogens is 132 g/mol. The van der Waals surface area contributed by atoms with Gasteiger partial charge in [-0.25, -0.2) is 0 Å². The summed E-state index contributed by atoms with van der Waals surface area (Å²) in [7, 11) is 0. The molecule has 2 N–H and O–H groups in total. The summed E-state index contributed by atoms with van der Waals surface area (Å²) in [5.41, 5.74) is 0.713. The molecule has 3 nitrogen and oxygen atoms in total. The summed E-state index contributed by atoms with van der Waals surface area (Å²) < 4.78 is 4.97. The average molecular weight is 142 g/mol. The SMILES string of the molecule is OCC1=CC=COC1CO.